The molecule has 0 amide bonds. The Labute approximate surface area is 130 Å². The van der Waals surface area contributed by atoms with Gasteiger partial charge >= 0.3 is 0 Å². The lowest BCUT2D eigenvalue weighted by molar-refractivity contribution is 0.252. The second kappa shape index (κ2) is 7.31. The molecule has 114 valence electrons. The standard InChI is InChI=1S/C17H22FNOS/c1-17(2)13-19(8-10-21-17)12-14-6-7-16(18)15(11-14)5-3-4-9-20/h6-7,11,20H,4,8-10,12-13H2,1-2H3. The van der Waals surface area contributed by atoms with Crippen molar-refractivity contribution < 1.29 is 9.50 Å². The third kappa shape index (κ3) is 5.03. The third-order valence-electron chi connectivity index (χ3n) is 3.40. The number of hydrogen-bond acceptors (Lipinski definition) is 3. The largest absolute Gasteiger partial charge is 0.395 e. The van der Waals surface area contributed by atoms with Crippen molar-refractivity contribution >= 4 is 11.8 Å². The van der Waals surface area contributed by atoms with Crippen LogP contribution in [0.4, 0.5) is 4.39 Å². The van der Waals surface area contributed by atoms with Gasteiger partial charge in [-0.1, -0.05) is 17.9 Å². The quantitative estimate of drug-likeness (QED) is 0.869. The van der Waals surface area contributed by atoms with Crippen LogP contribution in [0.25, 0.3) is 0 Å². The summed E-state index contributed by atoms with van der Waals surface area (Å²) in [5, 5.41) is 8.73. The van der Waals surface area contributed by atoms with Gasteiger partial charge in [0.25, 0.3) is 0 Å². The van der Waals surface area contributed by atoms with Crippen molar-refractivity contribution in [1.29, 1.82) is 0 Å². The highest BCUT2D eigenvalue weighted by molar-refractivity contribution is 8.00. The molecule has 1 aromatic carbocycles. The van der Waals surface area contributed by atoms with Crippen LogP contribution < -0.4 is 0 Å². The maximum atomic E-state index is 13.7. The van der Waals surface area contributed by atoms with Gasteiger partial charge in [-0.15, -0.1) is 0 Å². The molecule has 1 aromatic rings. The number of aliphatic hydroxyl groups is 1. The smallest absolute Gasteiger partial charge is 0.138 e. The summed E-state index contributed by atoms with van der Waals surface area (Å²) in [4.78, 5) is 2.41. The topological polar surface area (TPSA) is 23.5 Å². The van der Waals surface area contributed by atoms with Gasteiger partial charge in [-0.25, -0.2) is 4.39 Å². The van der Waals surface area contributed by atoms with Crippen LogP contribution in [0.15, 0.2) is 18.2 Å². The Kier molecular flexibility index (Phi) is 5.69. The predicted octanol–water partition coefficient (Wildman–Crippen LogP) is 2.89. The summed E-state index contributed by atoms with van der Waals surface area (Å²) in [7, 11) is 0. The first kappa shape index (κ1) is 16.4. The summed E-state index contributed by atoms with van der Waals surface area (Å²) in [5.74, 6) is 6.42. The molecule has 0 bridgehead atoms. The van der Waals surface area contributed by atoms with Crippen LogP contribution in [0.3, 0.4) is 0 Å². The number of rotatable bonds is 3. The van der Waals surface area contributed by atoms with E-state index in [0.29, 0.717) is 12.0 Å². The van der Waals surface area contributed by atoms with Crippen molar-refractivity contribution in [3.63, 3.8) is 0 Å². The fourth-order valence-corrected chi connectivity index (χ4v) is 3.66. The molecule has 0 atom stereocenters. The van der Waals surface area contributed by atoms with E-state index in [0.717, 1.165) is 31.0 Å². The SMILES string of the molecule is CC1(C)CN(Cc2ccc(F)c(C#CCCO)c2)CCS1. The van der Waals surface area contributed by atoms with Gasteiger partial charge < -0.3 is 5.11 Å². The van der Waals surface area contributed by atoms with E-state index in [-0.39, 0.29) is 17.2 Å². The van der Waals surface area contributed by atoms with Crippen LogP contribution in [0.5, 0.6) is 0 Å². The van der Waals surface area contributed by atoms with E-state index in [4.69, 9.17) is 5.11 Å². The lowest BCUT2D eigenvalue weighted by atomic mass is 10.1. The van der Waals surface area contributed by atoms with Crippen LogP contribution in [-0.2, 0) is 6.54 Å². The Bertz CT molecular complexity index is 547. The fraction of sp³-hybridized carbons (Fsp3) is 0.529. The van der Waals surface area contributed by atoms with Gasteiger partial charge in [0.1, 0.15) is 5.82 Å². The summed E-state index contributed by atoms with van der Waals surface area (Å²) in [6, 6.07) is 5.15. The monoisotopic (exact) mass is 307 g/mol. The average Bonchev–Trinajstić information content (AvgIpc) is 2.41. The van der Waals surface area contributed by atoms with E-state index in [9.17, 15) is 4.39 Å². The molecule has 2 nitrogen and oxygen atoms in total. The van der Waals surface area contributed by atoms with Crippen molar-refractivity contribution in [3.8, 4) is 11.8 Å². The number of thioether (sulfide) groups is 1. The maximum absolute atomic E-state index is 13.7. The van der Waals surface area contributed by atoms with Gasteiger partial charge in [0, 0.05) is 36.6 Å². The van der Waals surface area contributed by atoms with E-state index >= 15 is 0 Å². The van der Waals surface area contributed by atoms with Gasteiger partial charge in [-0.3, -0.25) is 4.90 Å². The molecule has 21 heavy (non-hydrogen) atoms. The second-order valence-electron chi connectivity index (χ2n) is 5.91. The minimum Gasteiger partial charge on any atom is -0.395 e. The molecule has 1 aliphatic heterocycles. The van der Waals surface area contributed by atoms with Gasteiger partial charge in [0.15, 0.2) is 0 Å². The molecule has 0 spiro atoms. The minimum absolute atomic E-state index is 0.00877. The van der Waals surface area contributed by atoms with E-state index in [1.165, 1.54) is 6.07 Å². The van der Waals surface area contributed by atoms with Gasteiger partial charge in [-0.05, 0) is 31.5 Å². The Morgan fingerprint density at radius 3 is 2.95 bits per heavy atom. The number of nitrogens with zero attached hydrogens (tertiary/aromatic N) is 1. The fourth-order valence-electron chi connectivity index (χ4n) is 2.49. The minimum atomic E-state index is -0.293. The molecule has 1 aliphatic rings. The van der Waals surface area contributed by atoms with Gasteiger partial charge in [-0.2, -0.15) is 11.8 Å². The first-order chi connectivity index (χ1) is 10.00. The van der Waals surface area contributed by atoms with Crippen LogP contribution >= 0.6 is 11.8 Å². The summed E-state index contributed by atoms with van der Waals surface area (Å²) >= 11 is 2.01. The molecule has 0 unspecified atom stereocenters. The molecular weight excluding hydrogens is 285 g/mol. The summed E-state index contributed by atoms with van der Waals surface area (Å²) in [6.45, 7) is 7.48. The molecule has 1 N–H and O–H groups in total. The second-order valence-corrected chi connectivity index (χ2v) is 7.71. The van der Waals surface area contributed by atoms with Gasteiger partial charge in [0.2, 0.25) is 0 Å². The van der Waals surface area contributed by atoms with E-state index in [2.05, 4.69) is 30.6 Å². The lowest BCUT2D eigenvalue weighted by Gasteiger charge is -2.37. The zero-order valence-electron chi connectivity index (χ0n) is 12.7. The Morgan fingerprint density at radius 1 is 1.43 bits per heavy atom. The maximum Gasteiger partial charge on any atom is 0.138 e. The van der Waals surface area contributed by atoms with E-state index in [1.807, 2.05) is 23.9 Å². The number of aliphatic hydroxyl groups excluding tert-OH is 1. The Balaban J connectivity index is 2.07. The van der Waals surface area contributed by atoms with Crippen molar-refractivity contribution in [1.82, 2.24) is 4.90 Å². The van der Waals surface area contributed by atoms with E-state index in [1.54, 1.807) is 0 Å². The van der Waals surface area contributed by atoms with Crippen LogP contribution in [0.1, 0.15) is 31.4 Å². The summed E-state index contributed by atoms with van der Waals surface area (Å²) < 4.78 is 14.0. The zero-order chi connectivity index (χ0) is 15.3. The highest BCUT2D eigenvalue weighted by Gasteiger charge is 2.26. The van der Waals surface area contributed by atoms with Crippen molar-refractivity contribution in [2.45, 2.75) is 31.6 Å². The molecule has 1 saturated heterocycles. The number of halogens is 1. The molecule has 0 radical (unpaired) electrons. The van der Waals surface area contributed by atoms with Crippen LogP contribution in [0, 0.1) is 17.7 Å². The van der Waals surface area contributed by atoms with Crippen molar-refractivity contribution in [2.75, 3.05) is 25.4 Å². The van der Waals surface area contributed by atoms with Crippen molar-refractivity contribution in [3.05, 3.63) is 35.1 Å². The molecular formula is C17H22FNOS. The molecule has 2 rings (SSSR count). The third-order valence-corrected chi connectivity index (χ3v) is 4.70. The summed E-state index contributed by atoms with van der Waals surface area (Å²) in [6.07, 6.45) is 0.376. The number of benzene rings is 1. The Hall–Kier alpha value is -1.02. The van der Waals surface area contributed by atoms with Gasteiger partial charge in [0.05, 0.1) is 12.2 Å². The first-order valence-corrected chi connectivity index (χ1v) is 8.23. The summed E-state index contributed by atoms with van der Waals surface area (Å²) in [5.41, 5.74) is 1.51. The first-order valence-electron chi connectivity index (χ1n) is 7.25. The molecule has 1 fully saturated rings. The zero-order valence-corrected chi connectivity index (χ0v) is 13.5. The predicted molar refractivity (Wildman–Crippen MR) is 86.8 cm³/mol. The molecule has 0 saturated carbocycles. The number of hydrogen-bond donors (Lipinski definition) is 1. The highest BCUT2D eigenvalue weighted by atomic mass is 32.2. The van der Waals surface area contributed by atoms with Crippen LogP contribution in [-0.4, -0.2) is 40.2 Å². The Morgan fingerprint density at radius 2 is 2.24 bits per heavy atom. The molecule has 1 heterocycles. The molecule has 0 aliphatic carbocycles. The normalized spacial score (nSPS) is 18.1. The van der Waals surface area contributed by atoms with E-state index < -0.39 is 0 Å². The molecule has 4 heteroatoms. The van der Waals surface area contributed by atoms with Crippen molar-refractivity contribution in [2.24, 2.45) is 0 Å². The van der Waals surface area contributed by atoms with Crippen LogP contribution in [0.2, 0.25) is 0 Å². The highest BCUT2D eigenvalue weighted by Crippen LogP contribution is 2.30. The average molecular weight is 307 g/mol. The lowest BCUT2D eigenvalue weighted by Crippen LogP contribution is -2.42. The molecule has 0 aromatic heterocycles.